The van der Waals surface area contributed by atoms with Crippen LogP contribution in [-0.4, -0.2) is 16.9 Å². The van der Waals surface area contributed by atoms with Crippen LogP contribution in [0, 0.1) is 0 Å². The summed E-state index contributed by atoms with van der Waals surface area (Å²) >= 11 is 0. The van der Waals surface area contributed by atoms with Crippen LogP contribution >= 0.6 is 0 Å². The maximum Gasteiger partial charge on any atom is 0.319 e. The van der Waals surface area contributed by atoms with Gasteiger partial charge in [0.15, 0.2) is 0 Å². The van der Waals surface area contributed by atoms with Crippen molar-refractivity contribution in [1.82, 2.24) is 10.3 Å². The summed E-state index contributed by atoms with van der Waals surface area (Å²) in [5, 5.41) is 8.31. The Morgan fingerprint density at radius 1 is 0.808 bits per heavy atom. The number of nitrogens with zero attached hydrogens (tertiary/aromatic N) is 1. The van der Waals surface area contributed by atoms with E-state index in [1.165, 1.54) is 0 Å². The first-order valence-corrected chi connectivity index (χ1v) is 8.11. The molecule has 3 aromatic rings. The number of hydrogen-bond donors (Lipinski definition) is 3. The highest BCUT2D eigenvalue weighted by molar-refractivity contribution is 6.04. The summed E-state index contributed by atoms with van der Waals surface area (Å²) in [6.07, 6.45) is 3.38. The van der Waals surface area contributed by atoms with Crippen LogP contribution in [0.2, 0.25) is 0 Å². The van der Waals surface area contributed by atoms with Crippen molar-refractivity contribution in [2.75, 3.05) is 10.6 Å². The highest BCUT2D eigenvalue weighted by Gasteiger charge is 2.06. The van der Waals surface area contributed by atoms with Crippen molar-refractivity contribution in [2.45, 2.75) is 6.54 Å². The van der Waals surface area contributed by atoms with Crippen LogP contribution in [0.4, 0.5) is 16.2 Å². The molecule has 0 saturated heterocycles. The average molecular weight is 346 g/mol. The zero-order chi connectivity index (χ0) is 18.2. The molecule has 26 heavy (non-hydrogen) atoms. The average Bonchev–Trinajstić information content (AvgIpc) is 2.69. The Labute approximate surface area is 151 Å². The summed E-state index contributed by atoms with van der Waals surface area (Å²) in [5.41, 5.74) is 2.79. The first-order chi connectivity index (χ1) is 12.7. The zero-order valence-corrected chi connectivity index (χ0v) is 14.0. The van der Waals surface area contributed by atoms with Gasteiger partial charge in [0.1, 0.15) is 0 Å². The molecule has 3 rings (SSSR count). The van der Waals surface area contributed by atoms with Crippen LogP contribution in [0.25, 0.3) is 0 Å². The molecule has 0 aliphatic rings. The number of aromatic nitrogens is 1. The lowest BCUT2D eigenvalue weighted by Crippen LogP contribution is -2.28. The summed E-state index contributed by atoms with van der Waals surface area (Å²) in [6.45, 7) is 0.394. The molecule has 0 unspecified atom stereocenters. The minimum absolute atomic E-state index is 0.180. The van der Waals surface area contributed by atoms with Gasteiger partial charge in [0, 0.05) is 35.9 Å². The Balaban J connectivity index is 1.51. The quantitative estimate of drug-likeness (QED) is 0.659. The summed E-state index contributed by atoms with van der Waals surface area (Å²) in [4.78, 5) is 28.0. The minimum Gasteiger partial charge on any atom is -0.334 e. The van der Waals surface area contributed by atoms with E-state index in [0.29, 0.717) is 23.5 Å². The van der Waals surface area contributed by atoms with E-state index in [9.17, 15) is 9.59 Å². The Morgan fingerprint density at radius 2 is 1.50 bits per heavy atom. The number of rotatable bonds is 5. The lowest BCUT2D eigenvalue weighted by Gasteiger charge is -2.09. The summed E-state index contributed by atoms with van der Waals surface area (Å²) < 4.78 is 0. The van der Waals surface area contributed by atoms with Gasteiger partial charge < -0.3 is 16.0 Å². The van der Waals surface area contributed by atoms with E-state index in [0.717, 1.165) is 5.56 Å². The maximum absolute atomic E-state index is 12.1. The number of hydrogen-bond acceptors (Lipinski definition) is 3. The Morgan fingerprint density at radius 3 is 2.15 bits per heavy atom. The lowest BCUT2D eigenvalue weighted by atomic mass is 10.2. The van der Waals surface area contributed by atoms with E-state index in [1.54, 1.807) is 48.8 Å². The van der Waals surface area contributed by atoms with Gasteiger partial charge in [-0.15, -0.1) is 0 Å². The molecule has 3 amide bonds. The molecule has 2 aromatic carbocycles. The van der Waals surface area contributed by atoms with Gasteiger partial charge in [0.2, 0.25) is 0 Å². The van der Waals surface area contributed by atoms with E-state index in [1.807, 2.05) is 30.3 Å². The zero-order valence-electron chi connectivity index (χ0n) is 14.0. The van der Waals surface area contributed by atoms with E-state index >= 15 is 0 Å². The number of benzene rings is 2. The fraction of sp³-hybridized carbons (Fsp3) is 0.0500. The SMILES string of the molecule is O=C(NCc1cccnc1)Nc1ccc(NC(=O)c2ccccc2)cc1. The molecule has 130 valence electrons. The van der Waals surface area contributed by atoms with Crippen LogP contribution in [0.15, 0.2) is 79.1 Å². The number of anilines is 2. The van der Waals surface area contributed by atoms with Crippen LogP contribution in [0.1, 0.15) is 15.9 Å². The van der Waals surface area contributed by atoms with E-state index in [4.69, 9.17) is 0 Å². The van der Waals surface area contributed by atoms with Crippen molar-refractivity contribution in [3.63, 3.8) is 0 Å². The highest BCUT2D eigenvalue weighted by atomic mass is 16.2. The topological polar surface area (TPSA) is 83.1 Å². The molecule has 0 fully saturated rings. The van der Waals surface area contributed by atoms with E-state index in [2.05, 4.69) is 20.9 Å². The van der Waals surface area contributed by atoms with Crippen LogP contribution in [-0.2, 0) is 6.54 Å². The predicted molar refractivity (Wildman–Crippen MR) is 101 cm³/mol. The third-order valence-corrected chi connectivity index (χ3v) is 3.61. The Hall–Kier alpha value is -3.67. The molecule has 0 aliphatic carbocycles. The standard InChI is InChI=1S/C20H18N4O2/c25-19(16-6-2-1-3-7-16)23-17-8-10-18(11-9-17)24-20(26)22-14-15-5-4-12-21-13-15/h1-13H,14H2,(H,23,25)(H2,22,24,26). The summed E-state index contributed by atoms with van der Waals surface area (Å²) in [7, 11) is 0. The minimum atomic E-state index is -0.310. The third-order valence-electron chi connectivity index (χ3n) is 3.61. The van der Waals surface area contributed by atoms with Crippen LogP contribution in [0.5, 0.6) is 0 Å². The number of carbonyl (C=O) groups excluding carboxylic acids is 2. The van der Waals surface area contributed by atoms with Crippen molar-refractivity contribution >= 4 is 23.3 Å². The molecule has 0 radical (unpaired) electrons. The van der Waals surface area contributed by atoms with Crippen molar-refractivity contribution in [1.29, 1.82) is 0 Å². The molecule has 0 atom stereocenters. The molecule has 6 nitrogen and oxygen atoms in total. The first kappa shape index (κ1) is 17.2. The molecule has 1 aromatic heterocycles. The van der Waals surface area contributed by atoms with E-state index < -0.39 is 0 Å². The smallest absolute Gasteiger partial charge is 0.319 e. The summed E-state index contributed by atoms with van der Waals surface area (Å²) in [6, 6.07) is 19.3. The second-order valence-corrected chi connectivity index (χ2v) is 5.57. The van der Waals surface area contributed by atoms with Crippen molar-refractivity contribution < 1.29 is 9.59 Å². The molecular formula is C20H18N4O2. The van der Waals surface area contributed by atoms with Gasteiger partial charge in [-0.1, -0.05) is 24.3 Å². The summed E-state index contributed by atoms with van der Waals surface area (Å²) in [5.74, 6) is -0.180. The van der Waals surface area contributed by atoms with Gasteiger partial charge in [0.05, 0.1) is 0 Å². The fourth-order valence-electron chi connectivity index (χ4n) is 2.29. The monoisotopic (exact) mass is 346 g/mol. The van der Waals surface area contributed by atoms with Gasteiger partial charge in [-0.3, -0.25) is 9.78 Å². The largest absolute Gasteiger partial charge is 0.334 e. The van der Waals surface area contributed by atoms with Gasteiger partial charge in [-0.25, -0.2) is 4.79 Å². The fourth-order valence-corrected chi connectivity index (χ4v) is 2.29. The van der Waals surface area contributed by atoms with Crippen molar-refractivity contribution in [3.8, 4) is 0 Å². The van der Waals surface area contributed by atoms with Gasteiger partial charge in [-0.05, 0) is 48.0 Å². The van der Waals surface area contributed by atoms with Crippen molar-refractivity contribution in [2.24, 2.45) is 0 Å². The molecular weight excluding hydrogens is 328 g/mol. The number of pyridine rings is 1. The Bertz CT molecular complexity index is 865. The van der Waals surface area contributed by atoms with E-state index in [-0.39, 0.29) is 11.9 Å². The van der Waals surface area contributed by atoms with Gasteiger partial charge in [0.25, 0.3) is 5.91 Å². The molecule has 0 saturated carbocycles. The molecule has 0 aliphatic heterocycles. The maximum atomic E-state index is 12.1. The lowest BCUT2D eigenvalue weighted by molar-refractivity contribution is 0.102. The van der Waals surface area contributed by atoms with Crippen LogP contribution < -0.4 is 16.0 Å². The Kier molecular flexibility index (Phi) is 5.57. The van der Waals surface area contributed by atoms with Gasteiger partial charge >= 0.3 is 6.03 Å². The molecule has 3 N–H and O–H groups in total. The molecule has 0 spiro atoms. The number of nitrogens with one attached hydrogen (secondary N) is 3. The number of urea groups is 1. The second-order valence-electron chi connectivity index (χ2n) is 5.57. The third kappa shape index (κ3) is 4.91. The van der Waals surface area contributed by atoms with Gasteiger partial charge in [-0.2, -0.15) is 0 Å². The first-order valence-electron chi connectivity index (χ1n) is 8.11. The predicted octanol–water partition coefficient (Wildman–Crippen LogP) is 3.66. The highest BCUT2D eigenvalue weighted by Crippen LogP contribution is 2.14. The van der Waals surface area contributed by atoms with Crippen molar-refractivity contribution in [3.05, 3.63) is 90.3 Å². The molecule has 1 heterocycles. The second kappa shape index (κ2) is 8.43. The number of carbonyl (C=O) groups is 2. The van der Waals surface area contributed by atoms with Crippen LogP contribution in [0.3, 0.4) is 0 Å². The normalized spacial score (nSPS) is 10.0. The molecule has 6 heteroatoms. The number of amides is 3. The molecule has 0 bridgehead atoms.